The molecule has 0 spiro atoms. The number of rotatable bonds is 7. The molecule has 0 amide bonds. The summed E-state index contributed by atoms with van der Waals surface area (Å²) in [5.74, 6) is 1.66. The van der Waals surface area contributed by atoms with Crippen molar-refractivity contribution >= 4 is 0 Å². The molecule has 0 heterocycles. The van der Waals surface area contributed by atoms with Gasteiger partial charge in [-0.15, -0.1) is 0 Å². The zero-order valence-electron chi connectivity index (χ0n) is 10.3. The Morgan fingerprint density at radius 2 is 2.24 bits per heavy atom. The highest BCUT2D eigenvalue weighted by molar-refractivity contribution is 5.40. The van der Waals surface area contributed by atoms with Gasteiger partial charge in [-0.3, -0.25) is 0 Å². The lowest BCUT2D eigenvalue weighted by atomic mass is 10.2. The minimum absolute atomic E-state index is 0.525. The van der Waals surface area contributed by atoms with E-state index in [0.717, 1.165) is 30.0 Å². The Hall–Kier alpha value is -1.73. The monoisotopic (exact) mass is 234 g/mol. The number of methoxy groups -OCH3 is 1. The van der Waals surface area contributed by atoms with Crippen molar-refractivity contribution in [2.75, 3.05) is 20.8 Å². The van der Waals surface area contributed by atoms with Gasteiger partial charge in [-0.2, -0.15) is 5.26 Å². The Morgan fingerprint density at radius 1 is 1.41 bits per heavy atom. The fourth-order valence-corrected chi connectivity index (χ4v) is 1.49. The first-order valence-corrected chi connectivity index (χ1v) is 5.63. The van der Waals surface area contributed by atoms with Crippen LogP contribution in [0.15, 0.2) is 18.2 Å². The van der Waals surface area contributed by atoms with Crippen LogP contribution in [0.1, 0.15) is 18.4 Å². The molecular weight excluding hydrogens is 216 g/mol. The first-order valence-electron chi connectivity index (χ1n) is 5.63. The Bertz CT molecular complexity index is 385. The van der Waals surface area contributed by atoms with Crippen LogP contribution in [0.4, 0.5) is 0 Å². The molecule has 17 heavy (non-hydrogen) atoms. The van der Waals surface area contributed by atoms with Gasteiger partial charge in [-0.1, -0.05) is 0 Å². The van der Waals surface area contributed by atoms with Crippen LogP contribution < -0.4 is 14.8 Å². The molecule has 92 valence electrons. The van der Waals surface area contributed by atoms with E-state index in [9.17, 15) is 0 Å². The van der Waals surface area contributed by atoms with Crippen LogP contribution in [-0.2, 0) is 6.54 Å². The van der Waals surface area contributed by atoms with E-state index in [0.29, 0.717) is 13.0 Å². The number of hydrogen-bond acceptors (Lipinski definition) is 4. The molecule has 1 N–H and O–H groups in total. The van der Waals surface area contributed by atoms with Gasteiger partial charge in [0.1, 0.15) is 11.5 Å². The van der Waals surface area contributed by atoms with E-state index in [2.05, 4.69) is 11.4 Å². The third-order valence-corrected chi connectivity index (χ3v) is 2.33. The molecule has 1 rings (SSSR count). The maximum absolute atomic E-state index is 8.44. The molecule has 0 saturated heterocycles. The molecule has 0 fully saturated rings. The molecular formula is C13H18N2O2. The first kappa shape index (κ1) is 13.3. The maximum atomic E-state index is 8.44. The van der Waals surface area contributed by atoms with Gasteiger partial charge in [-0.05, 0) is 31.7 Å². The molecule has 0 unspecified atom stereocenters. The molecule has 0 aliphatic rings. The van der Waals surface area contributed by atoms with Gasteiger partial charge in [0.25, 0.3) is 0 Å². The molecule has 1 aromatic carbocycles. The van der Waals surface area contributed by atoms with Crippen LogP contribution in [0, 0.1) is 11.3 Å². The lowest BCUT2D eigenvalue weighted by Crippen LogP contribution is -2.08. The summed E-state index contributed by atoms with van der Waals surface area (Å²) in [6, 6.07) is 7.83. The summed E-state index contributed by atoms with van der Waals surface area (Å²) in [5, 5.41) is 11.5. The highest BCUT2D eigenvalue weighted by Crippen LogP contribution is 2.24. The molecule has 0 radical (unpaired) electrons. The van der Waals surface area contributed by atoms with Crippen molar-refractivity contribution < 1.29 is 9.47 Å². The molecule has 4 heteroatoms. The second-order valence-electron chi connectivity index (χ2n) is 3.61. The van der Waals surface area contributed by atoms with Gasteiger partial charge in [0.2, 0.25) is 0 Å². The van der Waals surface area contributed by atoms with Gasteiger partial charge >= 0.3 is 0 Å². The smallest absolute Gasteiger partial charge is 0.124 e. The highest BCUT2D eigenvalue weighted by Gasteiger charge is 2.04. The van der Waals surface area contributed by atoms with E-state index < -0.39 is 0 Å². The molecule has 0 atom stereocenters. The number of hydrogen-bond donors (Lipinski definition) is 1. The van der Waals surface area contributed by atoms with Gasteiger partial charge in [0.05, 0.1) is 19.8 Å². The largest absolute Gasteiger partial charge is 0.497 e. The van der Waals surface area contributed by atoms with E-state index in [4.69, 9.17) is 14.7 Å². The van der Waals surface area contributed by atoms with Crippen LogP contribution in [0.3, 0.4) is 0 Å². The third-order valence-electron chi connectivity index (χ3n) is 2.33. The second kappa shape index (κ2) is 7.53. The van der Waals surface area contributed by atoms with Crippen LogP contribution in [-0.4, -0.2) is 20.8 Å². The lowest BCUT2D eigenvalue weighted by Gasteiger charge is -2.12. The predicted molar refractivity (Wildman–Crippen MR) is 66.1 cm³/mol. The second-order valence-corrected chi connectivity index (χ2v) is 3.61. The average Bonchev–Trinajstić information content (AvgIpc) is 2.36. The van der Waals surface area contributed by atoms with E-state index in [1.54, 1.807) is 7.11 Å². The van der Waals surface area contributed by atoms with E-state index in [1.807, 2.05) is 25.2 Å². The quantitative estimate of drug-likeness (QED) is 0.734. The van der Waals surface area contributed by atoms with Gasteiger partial charge in [0.15, 0.2) is 0 Å². The number of unbranched alkanes of at least 4 members (excludes halogenated alkanes) is 1. The standard InChI is InChI=1S/C13H18N2O2/c1-15-10-11-9-12(16-2)5-6-13(11)17-8-4-3-7-14/h5-6,9,15H,3-4,8,10H2,1-2H3. The molecule has 0 aromatic heterocycles. The van der Waals surface area contributed by atoms with Gasteiger partial charge in [-0.25, -0.2) is 0 Å². The minimum Gasteiger partial charge on any atom is -0.497 e. The summed E-state index contributed by atoms with van der Waals surface area (Å²) >= 11 is 0. The fraction of sp³-hybridized carbons (Fsp3) is 0.462. The minimum atomic E-state index is 0.525. The van der Waals surface area contributed by atoms with Gasteiger partial charge < -0.3 is 14.8 Å². The van der Waals surface area contributed by atoms with Crippen molar-refractivity contribution in [3.8, 4) is 17.6 Å². The van der Waals surface area contributed by atoms with Crippen molar-refractivity contribution in [1.29, 1.82) is 5.26 Å². The molecule has 0 bridgehead atoms. The summed E-state index contributed by atoms with van der Waals surface area (Å²) in [7, 11) is 3.53. The summed E-state index contributed by atoms with van der Waals surface area (Å²) in [4.78, 5) is 0. The Labute approximate surface area is 102 Å². The van der Waals surface area contributed by atoms with Crippen LogP contribution in [0.2, 0.25) is 0 Å². The van der Waals surface area contributed by atoms with E-state index in [1.165, 1.54) is 0 Å². The van der Waals surface area contributed by atoms with Crippen molar-refractivity contribution in [2.45, 2.75) is 19.4 Å². The van der Waals surface area contributed by atoms with E-state index in [-0.39, 0.29) is 0 Å². The summed E-state index contributed by atoms with van der Waals surface area (Å²) in [6.45, 7) is 1.29. The number of ether oxygens (including phenoxy) is 2. The number of nitrogens with one attached hydrogen (secondary N) is 1. The summed E-state index contributed by atoms with van der Waals surface area (Å²) < 4.78 is 10.8. The fourth-order valence-electron chi connectivity index (χ4n) is 1.49. The van der Waals surface area contributed by atoms with E-state index >= 15 is 0 Å². The summed E-state index contributed by atoms with van der Waals surface area (Å²) in [5.41, 5.74) is 1.06. The van der Waals surface area contributed by atoms with Gasteiger partial charge in [0, 0.05) is 18.5 Å². The zero-order valence-corrected chi connectivity index (χ0v) is 10.3. The first-order chi connectivity index (χ1) is 8.31. The maximum Gasteiger partial charge on any atom is 0.124 e. The lowest BCUT2D eigenvalue weighted by molar-refractivity contribution is 0.308. The van der Waals surface area contributed by atoms with Crippen LogP contribution in [0.25, 0.3) is 0 Å². The SMILES string of the molecule is CNCc1cc(OC)ccc1OCCCC#N. The molecule has 0 saturated carbocycles. The normalized spacial score (nSPS) is 9.71. The van der Waals surface area contributed by atoms with Crippen molar-refractivity contribution in [2.24, 2.45) is 0 Å². The topological polar surface area (TPSA) is 54.3 Å². The average molecular weight is 234 g/mol. The Morgan fingerprint density at radius 3 is 2.88 bits per heavy atom. The molecule has 1 aromatic rings. The zero-order chi connectivity index (χ0) is 12.5. The van der Waals surface area contributed by atoms with Crippen molar-refractivity contribution in [3.05, 3.63) is 23.8 Å². The van der Waals surface area contributed by atoms with Crippen LogP contribution >= 0.6 is 0 Å². The third kappa shape index (κ3) is 4.33. The number of nitriles is 1. The molecule has 0 aliphatic heterocycles. The number of nitrogens with zero attached hydrogens (tertiary/aromatic N) is 1. The summed E-state index contributed by atoms with van der Waals surface area (Å²) in [6.07, 6.45) is 1.28. The Kier molecular flexibility index (Phi) is 5.91. The molecule has 0 aliphatic carbocycles. The highest BCUT2D eigenvalue weighted by atomic mass is 16.5. The van der Waals surface area contributed by atoms with Crippen LogP contribution in [0.5, 0.6) is 11.5 Å². The molecule has 4 nitrogen and oxygen atoms in total. The van der Waals surface area contributed by atoms with Crippen molar-refractivity contribution in [3.63, 3.8) is 0 Å². The number of benzene rings is 1. The Balaban J connectivity index is 2.66. The van der Waals surface area contributed by atoms with Crippen molar-refractivity contribution in [1.82, 2.24) is 5.32 Å². The predicted octanol–water partition coefficient (Wildman–Crippen LogP) is 2.10.